The number of pyridine rings is 1. The van der Waals surface area contributed by atoms with E-state index in [0.717, 1.165) is 38.2 Å². The molecule has 0 aliphatic carbocycles. The highest BCUT2D eigenvalue weighted by Gasteiger charge is 2.31. The number of anilines is 1. The molecule has 0 atom stereocenters. The molecule has 1 saturated heterocycles. The molecule has 100 valence electrons. The maximum Gasteiger partial charge on any atom is 0.417 e. The van der Waals surface area contributed by atoms with Crippen molar-refractivity contribution in [2.45, 2.75) is 19.0 Å². The first-order valence-electron chi connectivity index (χ1n) is 5.85. The van der Waals surface area contributed by atoms with Gasteiger partial charge in [-0.1, -0.05) is 0 Å². The highest BCUT2D eigenvalue weighted by Crippen LogP contribution is 2.30. The van der Waals surface area contributed by atoms with Crippen LogP contribution >= 0.6 is 11.6 Å². The molecular formula is C12H14ClF3N2. The van der Waals surface area contributed by atoms with Gasteiger partial charge in [0.1, 0.15) is 5.82 Å². The first-order valence-corrected chi connectivity index (χ1v) is 6.38. The van der Waals surface area contributed by atoms with Gasteiger partial charge in [0.2, 0.25) is 0 Å². The summed E-state index contributed by atoms with van der Waals surface area (Å²) in [6, 6.07) is 2.51. The molecule has 6 heteroatoms. The molecule has 18 heavy (non-hydrogen) atoms. The summed E-state index contributed by atoms with van der Waals surface area (Å²) in [4.78, 5) is 5.90. The second-order valence-corrected chi connectivity index (χ2v) is 4.80. The molecule has 1 aliphatic rings. The number of alkyl halides is 4. The Labute approximate surface area is 109 Å². The average molecular weight is 279 g/mol. The van der Waals surface area contributed by atoms with Gasteiger partial charge < -0.3 is 4.90 Å². The lowest BCUT2D eigenvalue weighted by Crippen LogP contribution is -2.34. The smallest absolute Gasteiger partial charge is 0.357 e. The topological polar surface area (TPSA) is 16.1 Å². The largest absolute Gasteiger partial charge is 0.417 e. The Balaban J connectivity index is 2.02. The predicted molar refractivity (Wildman–Crippen MR) is 64.9 cm³/mol. The quantitative estimate of drug-likeness (QED) is 0.769. The van der Waals surface area contributed by atoms with E-state index in [2.05, 4.69) is 4.98 Å². The van der Waals surface area contributed by atoms with Crippen LogP contribution in [0.5, 0.6) is 0 Å². The van der Waals surface area contributed by atoms with Gasteiger partial charge in [0.25, 0.3) is 0 Å². The number of aromatic nitrogens is 1. The van der Waals surface area contributed by atoms with E-state index in [1.165, 1.54) is 6.07 Å². The van der Waals surface area contributed by atoms with Gasteiger partial charge in [0.15, 0.2) is 0 Å². The van der Waals surface area contributed by atoms with Gasteiger partial charge in [-0.15, -0.1) is 11.6 Å². The summed E-state index contributed by atoms with van der Waals surface area (Å²) in [5.74, 6) is 1.77. The molecule has 2 rings (SSSR count). The SMILES string of the molecule is FC(F)(F)c1ccc(N2CCC(CCl)CC2)nc1. The zero-order chi connectivity index (χ0) is 13.2. The van der Waals surface area contributed by atoms with Gasteiger partial charge in [-0.25, -0.2) is 4.98 Å². The van der Waals surface area contributed by atoms with Crippen molar-refractivity contribution in [2.24, 2.45) is 5.92 Å². The molecule has 0 bridgehead atoms. The maximum atomic E-state index is 12.4. The minimum atomic E-state index is -4.32. The van der Waals surface area contributed by atoms with Crippen LogP contribution in [0.2, 0.25) is 0 Å². The van der Waals surface area contributed by atoms with Crippen LogP contribution in [0.4, 0.5) is 19.0 Å². The molecule has 1 aromatic heterocycles. The zero-order valence-electron chi connectivity index (χ0n) is 9.75. The Hall–Kier alpha value is -0.970. The van der Waals surface area contributed by atoms with Gasteiger partial charge in [-0.2, -0.15) is 13.2 Å². The predicted octanol–water partition coefficient (Wildman–Crippen LogP) is 3.56. The van der Waals surface area contributed by atoms with E-state index >= 15 is 0 Å². The normalized spacial score (nSPS) is 18.1. The first-order chi connectivity index (χ1) is 8.50. The summed E-state index contributed by atoms with van der Waals surface area (Å²) in [6.07, 6.45) is -1.50. The summed E-state index contributed by atoms with van der Waals surface area (Å²) >= 11 is 5.79. The van der Waals surface area contributed by atoms with Crippen LogP contribution in [-0.2, 0) is 6.18 Å². The summed E-state index contributed by atoms with van der Waals surface area (Å²) in [7, 11) is 0. The Morgan fingerprint density at radius 1 is 1.28 bits per heavy atom. The average Bonchev–Trinajstić information content (AvgIpc) is 2.38. The molecule has 0 radical (unpaired) electrons. The van der Waals surface area contributed by atoms with E-state index < -0.39 is 11.7 Å². The molecule has 0 aromatic carbocycles. The van der Waals surface area contributed by atoms with Crippen LogP contribution in [-0.4, -0.2) is 24.0 Å². The molecule has 0 spiro atoms. The molecule has 1 fully saturated rings. The molecule has 1 aliphatic heterocycles. The highest BCUT2D eigenvalue weighted by molar-refractivity contribution is 6.18. The summed E-state index contributed by atoms with van der Waals surface area (Å²) < 4.78 is 37.2. The maximum absolute atomic E-state index is 12.4. The Kier molecular flexibility index (Phi) is 4.00. The minimum Gasteiger partial charge on any atom is -0.357 e. The molecule has 0 amide bonds. The third kappa shape index (κ3) is 3.07. The summed E-state index contributed by atoms with van der Waals surface area (Å²) in [6.45, 7) is 1.60. The fraction of sp³-hybridized carbons (Fsp3) is 0.583. The van der Waals surface area contributed by atoms with Gasteiger partial charge in [0.05, 0.1) is 5.56 Å². The van der Waals surface area contributed by atoms with Crippen molar-refractivity contribution >= 4 is 17.4 Å². The molecule has 2 nitrogen and oxygen atoms in total. The van der Waals surface area contributed by atoms with Crippen LogP contribution in [0.25, 0.3) is 0 Å². The van der Waals surface area contributed by atoms with E-state index in [-0.39, 0.29) is 0 Å². The number of piperidine rings is 1. The number of rotatable bonds is 2. The van der Waals surface area contributed by atoms with Crippen molar-refractivity contribution in [2.75, 3.05) is 23.9 Å². The summed E-state index contributed by atoms with van der Waals surface area (Å²) in [5, 5.41) is 0. The van der Waals surface area contributed by atoms with Crippen LogP contribution < -0.4 is 4.90 Å². The second kappa shape index (κ2) is 5.34. The first kappa shape index (κ1) is 13.5. The van der Waals surface area contributed by atoms with Crippen molar-refractivity contribution in [1.29, 1.82) is 0 Å². The van der Waals surface area contributed by atoms with Crippen molar-refractivity contribution in [3.63, 3.8) is 0 Å². The third-order valence-corrected chi connectivity index (χ3v) is 3.67. The van der Waals surface area contributed by atoms with Crippen LogP contribution in [0, 0.1) is 5.92 Å². The van der Waals surface area contributed by atoms with Gasteiger partial charge in [-0.05, 0) is 30.9 Å². The van der Waals surface area contributed by atoms with Crippen molar-refractivity contribution in [3.05, 3.63) is 23.9 Å². The fourth-order valence-corrected chi connectivity index (χ4v) is 2.37. The highest BCUT2D eigenvalue weighted by atomic mass is 35.5. The van der Waals surface area contributed by atoms with Crippen molar-refractivity contribution < 1.29 is 13.2 Å². The van der Waals surface area contributed by atoms with Gasteiger partial charge in [-0.3, -0.25) is 0 Å². The standard InChI is InChI=1S/C12H14ClF3N2/c13-7-9-3-5-18(6-4-9)11-2-1-10(8-17-11)12(14,15)16/h1-2,8-9H,3-7H2. The molecular weight excluding hydrogens is 265 g/mol. The lowest BCUT2D eigenvalue weighted by molar-refractivity contribution is -0.137. The van der Waals surface area contributed by atoms with E-state index in [1.807, 2.05) is 4.90 Å². The van der Waals surface area contributed by atoms with Crippen LogP contribution in [0.15, 0.2) is 18.3 Å². The molecule has 0 saturated carbocycles. The van der Waals surface area contributed by atoms with Crippen LogP contribution in [0.3, 0.4) is 0 Å². The zero-order valence-corrected chi connectivity index (χ0v) is 10.5. The van der Waals surface area contributed by atoms with Crippen LogP contribution in [0.1, 0.15) is 18.4 Å². The molecule has 0 N–H and O–H groups in total. The van der Waals surface area contributed by atoms with Crippen molar-refractivity contribution in [1.82, 2.24) is 4.98 Å². The Morgan fingerprint density at radius 3 is 2.39 bits per heavy atom. The molecule has 0 unspecified atom stereocenters. The summed E-state index contributed by atoms with van der Waals surface area (Å²) in [5.41, 5.74) is -0.707. The number of halogens is 4. The monoisotopic (exact) mass is 278 g/mol. The van der Waals surface area contributed by atoms with E-state index in [9.17, 15) is 13.2 Å². The number of hydrogen-bond acceptors (Lipinski definition) is 2. The number of hydrogen-bond donors (Lipinski definition) is 0. The Bertz CT molecular complexity index is 383. The Morgan fingerprint density at radius 2 is 1.94 bits per heavy atom. The molecule has 2 heterocycles. The lowest BCUT2D eigenvalue weighted by Gasteiger charge is -2.32. The van der Waals surface area contributed by atoms with Crippen molar-refractivity contribution in [3.8, 4) is 0 Å². The third-order valence-electron chi connectivity index (χ3n) is 3.23. The van der Waals surface area contributed by atoms with Gasteiger partial charge in [0, 0.05) is 25.2 Å². The van der Waals surface area contributed by atoms with E-state index in [0.29, 0.717) is 17.6 Å². The van der Waals surface area contributed by atoms with Gasteiger partial charge >= 0.3 is 6.18 Å². The second-order valence-electron chi connectivity index (χ2n) is 4.49. The van der Waals surface area contributed by atoms with E-state index in [1.54, 1.807) is 0 Å². The number of nitrogens with zero attached hydrogens (tertiary/aromatic N) is 2. The van der Waals surface area contributed by atoms with E-state index in [4.69, 9.17) is 11.6 Å². The minimum absolute atomic E-state index is 0.511. The molecule has 1 aromatic rings. The lowest BCUT2D eigenvalue weighted by atomic mass is 9.99. The fourth-order valence-electron chi connectivity index (χ4n) is 2.06.